The summed E-state index contributed by atoms with van der Waals surface area (Å²) in [4.78, 5) is 42.0. The molecule has 0 saturated carbocycles. The number of likely N-dealkylation sites (tertiary alicyclic amines) is 1. The predicted octanol–water partition coefficient (Wildman–Crippen LogP) is 4.29. The number of hydrogen-bond donors (Lipinski definition) is 3. The zero-order valence-corrected chi connectivity index (χ0v) is 27.2. The summed E-state index contributed by atoms with van der Waals surface area (Å²) in [7, 11) is 4.70. The van der Waals surface area contributed by atoms with Crippen LogP contribution in [0.15, 0.2) is 29.1 Å². The van der Waals surface area contributed by atoms with Gasteiger partial charge in [0.15, 0.2) is 11.5 Å². The smallest absolute Gasteiger partial charge is 0.242 e. The second-order valence-corrected chi connectivity index (χ2v) is 12.1. The molecule has 240 valence electrons. The zero-order chi connectivity index (χ0) is 32.0. The van der Waals surface area contributed by atoms with E-state index in [9.17, 15) is 14.4 Å². The number of hydrogen-bond acceptors (Lipinski definition) is 8. The van der Waals surface area contributed by atoms with Crippen molar-refractivity contribution in [1.82, 2.24) is 15.5 Å². The molecule has 0 aromatic heterocycles. The number of amides is 2. The zero-order valence-electron chi connectivity index (χ0n) is 27.2. The summed E-state index contributed by atoms with van der Waals surface area (Å²) in [6, 6.07) is 6.44. The van der Waals surface area contributed by atoms with E-state index in [1.54, 1.807) is 33.5 Å². The Hall–Kier alpha value is -3.79. The fourth-order valence-corrected chi connectivity index (χ4v) is 6.60. The summed E-state index contributed by atoms with van der Waals surface area (Å²) in [6.45, 7) is 10.3. The Labute approximate surface area is 260 Å². The van der Waals surface area contributed by atoms with Crippen LogP contribution in [0.25, 0.3) is 11.1 Å². The third-order valence-electron chi connectivity index (χ3n) is 8.69. The average Bonchev–Trinajstić information content (AvgIpc) is 3.34. The van der Waals surface area contributed by atoms with Gasteiger partial charge in [0, 0.05) is 25.1 Å². The lowest BCUT2D eigenvalue weighted by atomic mass is 9.95. The molecule has 10 heteroatoms. The van der Waals surface area contributed by atoms with E-state index >= 15 is 0 Å². The fraction of sp³-hybridized carbons (Fsp3) is 0.559. The third kappa shape index (κ3) is 7.29. The van der Waals surface area contributed by atoms with Crippen LogP contribution < -0.4 is 35.6 Å². The number of carbonyl (C=O) groups excluding carboxylic acids is 2. The summed E-state index contributed by atoms with van der Waals surface area (Å²) in [6.07, 6.45) is 3.95. The SMILES string of the molecule is CCN1CCC[C@@H]1CNC(=O)[C@H](CC(C)C)Nc1ccc2c(cc1=O)[C@H](NC(C)=O)CCc1cc(OC)c(OC)c(OC)c1-2. The van der Waals surface area contributed by atoms with Crippen molar-refractivity contribution in [3.05, 3.63) is 45.6 Å². The first-order valence-electron chi connectivity index (χ1n) is 15.7. The van der Waals surface area contributed by atoms with Crippen LogP contribution >= 0.6 is 0 Å². The number of likely N-dealkylation sites (N-methyl/N-ethyl adjacent to an activating group) is 1. The molecule has 1 fully saturated rings. The predicted molar refractivity (Wildman–Crippen MR) is 173 cm³/mol. The van der Waals surface area contributed by atoms with Gasteiger partial charge in [0.2, 0.25) is 23.0 Å². The molecule has 2 aromatic rings. The highest BCUT2D eigenvalue weighted by atomic mass is 16.5. The van der Waals surface area contributed by atoms with Gasteiger partial charge in [0.25, 0.3) is 0 Å². The minimum atomic E-state index is -0.585. The second kappa shape index (κ2) is 14.8. The molecule has 2 aliphatic rings. The van der Waals surface area contributed by atoms with Gasteiger partial charge in [0.05, 0.1) is 33.1 Å². The molecule has 1 aliphatic heterocycles. The van der Waals surface area contributed by atoms with E-state index in [2.05, 4.69) is 41.6 Å². The molecule has 3 N–H and O–H groups in total. The molecule has 4 rings (SSSR count). The van der Waals surface area contributed by atoms with Gasteiger partial charge in [-0.1, -0.05) is 26.8 Å². The second-order valence-electron chi connectivity index (χ2n) is 12.1. The van der Waals surface area contributed by atoms with Crippen molar-refractivity contribution in [2.24, 2.45) is 5.92 Å². The summed E-state index contributed by atoms with van der Waals surface area (Å²) >= 11 is 0. The highest BCUT2D eigenvalue weighted by Gasteiger charge is 2.30. The number of rotatable bonds is 12. The van der Waals surface area contributed by atoms with Crippen molar-refractivity contribution in [3.8, 4) is 28.4 Å². The molecule has 0 spiro atoms. The van der Waals surface area contributed by atoms with Crippen LogP contribution in [-0.2, 0) is 16.0 Å². The highest BCUT2D eigenvalue weighted by molar-refractivity contribution is 5.86. The van der Waals surface area contributed by atoms with E-state index in [1.165, 1.54) is 6.92 Å². The minimum Gasteiger partial charge on any atom is -0.493 e. The number of carbonyl (C=O) groups is 2. The van der Waals surface area contributed by atoms with E-state index < -0.39 is 12.1 Å². The number of aryl methyl sites for hydroxylation is 1. The number of methoxy groups -OCH3 is 3. The van der Waals surface area contributed by atoms with Crippen LogP contribution in [0.2, 0.25) is 0 Å². The first-order valence-corrected chi connectivity index (χ1v) is 15.7. The van der Waals surface area contributed by atoms with E-state index in [4.69, 9.17) is 14.2 Å². The molecule has 2 aromatic carbocycles. The van der Waals surface area contributed by atoms with Gasteiger partial charge in [-0.25, -0.2) is 0 Å². The summed E-state index contributed by atoms with van der Waals surface area (Å²) in [5.41, 5.74) is 3.20. The van der Waals surface area contributed by atoms with Gasteiger partial charge in [-0.3, -0.25) is 19.3 Å². The van der Waals surface area contributed by atoms with Gasteiger partial charge in [-0.15, -0.1) is 0 Å². The van der Waals surface area contributed by atoms with Crippen molar-refractivity contribution in [2.75, 3.05) is 46.3 Å². The molecule has 0 bridgehead atoms. The molecule has 3 atom stereocenters. The lowest BCUT2D eigenvalue weighted by Crippen LogP contribution is -2.46. The van der Waals surface area contributed by atoms with Crippen molar-refractivity contribution >= 4 is 17.5 Å². The molecule has 1 heterocycles. The lowest BCUT2D eigenvalue weighted by Gasteiger charge is -2.25. The van der Waals surface area contributed by atoms with E-state index in [0.29, 0.717) is 60.3 Å². The Bertz CT molecular complexity index is 1410. The van der Waals surface area contributed by atoms with Crippen LogP contribution in [-0.4, -0.2) is 69.8 Å². The Morgan fingerprint density at radius 2 is 1.80 bits per heavy atom. The summed E-state index contributed by atoms with van der Waals surface area (Å²) in [5, 5.41) is 9.47. The van der Waals surface area contributed by atoms with E-state index in [-0.39, 0.29) is 23.2 Å². The molecule has 44 heavy (non-hydrogen) atoms. The topological polar surface area (TPSA) is 118 Å². The van der Waals surface area contributed by atoms with Crippen molar-refractivity contribution < 1.29 is 23.8 Å². The number of ether oxygens (including phenoxy) is 3. The molecule has 1 aliphatic carbocycles. The maximum Gasteiger partial charge on any atom is 0.242 e. The largest absolute Gasteiger partial charge is 0.493 e. The standard InChI is InChI=1S/C34H48N4O6/c1-8-38-15-9-10-23(38)19-35-34(41)28(16-20(2)3)37-27-14-12-24-25(18-29(27)40)26(36-21(4)39)13-11-22-17-30(42-5)32(43-6)33(44-7)31(22)24/h12,14,17-18,20,23,26,28H,8-11,13,15-16,19H2,1-7H3,(H,35,41)(H,36,39)(H,37,40)/t23-,26-,28+/m1/s1. The average molecular weight is 609 g/mol. The third-order valence-corrected chi connectivity index (χ3v) is 8.69. The quantitative estimate of drug-likeness (QED) is 0.327. The molecule has 10 nitrogen and oxygen atoms in total. The van der Waals surface area contributed by atoms with Crippen molar-refractivity contribution in [1.29, 1.82) is 0 Å². The van der Waals surface area contributed by atoms with Crippen LogP contribution in [0.3, 0.4) is 0 Å². The first-order chi connectivity index (χ1) is 21.1. The normalized spacial score (nSPS) is 18.5. The number of nitrogens with zero attached hydrogens (tertiary/aromatic N) is 1. The number of benzene rings is 1. The van der Waals surface area contributed by atoms with E-state index in [1.807, 2.05) is 12.1 Å². The Morgan fingerprint density at radius 3 is 2.43 bits per heavy atom. The van der Waals surface area contributed by atoms with Crippen LogP contribution in [0.1, 0.15) is 70.5 Å². The van der Waals surface area contributed by atoms with E-state index in [0.717, 1.165) is 42.6 Å². The van der Waals surface area contributed by atoms with Crippen LogP contribution in [0, 0.1) is 5.92 Å². The van der Waals surface area contributed by atoms with Crippen molar-refractivity contribution in [3.63, 3.8) is 0 Å². The minimum absolute atomic E-state index is 0.117. The molecular formula is C34H48N4O6. The van der Waals surface area contributed by atoms with Gasteiger partial charge in [-0.05, 0) is 86.0 Å². The van der Waals surface area contributed by atoms with Gasteiger partial charge in [0.1, 0.15) is 6.04 Å². The Kier molecular flexibility index (Phi) is 11.1. The molecule has 2 amide bonds. The summed E-state index contributed by atoms with van der Waals surface area (Å²) in [5.74, 6) is 1.39. The van der Waals surface area contributed by atoms with Gasteiger partial charge < -0.3 is 30.2 Å². The number of anilines is 1. The number of nitrogens with one attached hydrogen (secondary N) is 3. The molecule has 0 unspecified atom stereocenters. The van der Waals surface area contributed by atoms with Crippen molar-refractivity contribution in [2.45, 2.75) is 77.9 Å². The fourth-order valence-electron chi connectivity index (χ4n) is 6.60. The monoisotopic (exact) mass is 608 g/mol. The Balaban J connectivity index is 1.77. The van der Waals surface area contributed by atoms with Gasteiger partial charge in [-0.2, -0.15) is 0 Å². The Morgan fingerprint density at radius 1 is 1.05 bits per heavy atom. The highest BCUT2D eigenvalue weighted by Crippen LogP contribution is 2.50. The maximum atomic E-state index is 13.8. The number of fused-ring (bicyclic) bond motifs is 3. The van der Waals surface area contributed by atoms with Crippen LogP contribution in [0.5, 0.6) is 17.2 Å². The maximum absolute atomic E-state index is 13.8. The molecule has 1 saturated heterocycles. The lowest BCUT2D eigenvalue weighted by molar-refractivity contribution is -0.122. The molecule has 0 radical (unpaired) electrons. The molecular weight excluding hydrogens is 560 g/mol. The first kappa shape index (κ1) is 33.1. The van der Waals surface area contributed by atoms with Crippen LogP contribution in [0.4, 0.5) is 5.69 Å². The van der Waals surface area contributed by atoms with Gasteiger partial charge >= 0.3 is 0 Å². The summed E-state index contributed by atoms with van der Waals surface area (Å²) < 4.78 is 17.2.